The number of methoxy groups -OCH3 is 1. The smallest absolute Gasteiger partial charge is 0.337 e. The topological polar surface area (TPSA) is 105 Å². The van der Waals surface area contributed by atoms with Crippen LogP contribution in [-0.2, 0) is 11.2 Å². The third kappa shape index (κ3) is 5.21. The molecule has 6 heteroatoms. The van der Waals surface area contributed by atoms with Gasteiger partial charge < -0.3 is 26.0 Å². The first-order valence-corrected chi connectivity index (χ1v) is 8.40. The maximum absolute atomic E-state index is 11.7. The number of ether oxygens (including phenoxy) is 1. The Morgan fingerprint density at radius 3 is 2.65 bits per heavy atom. The molecular formula is C20H26N2O4. The fourth-order valence-corrected chi connectivity index (χ4v) is 2.77. The van der Waals surface area contributed by atoms with Crippen LogP contribution in [-0.4, -0.2) is 35.4 Å². The Labute approximate surface area is 153 Å². The number of hydrogen-bond donors (Lipinski definition) is 4. The second-order valence-electron chi connectivity index (χ2n) is 6.97. The van der Waals surface area contributed by atoms with Crippen LogP contribution in [0, 0.1) is 0 Å². The fourth-order valence-electron chi connectivity index (χ4n) is 2.77. The number of aliphatic hydroxyl groups excluding tert-OH is 1. The molecule has 0 aromatic heterocycles. The van der Waals surface area contributed by atoms with Crippen LogP contribution >= 0.6 is 0 Å². The molecule has 1 atom stereocenters. The maximum atomic E-state index is 11.7. The molecule has 2 aromatic carbocycles. The first-order chi connectivity index (χ1) is 12.2. The van der Waals surface area contributed by atoms with E-state index >= 15 is 0 Å². The Kier molecular flexibility index (Phi) is 6.23. The van der Waals surface area contributed by atoms with Crippen molar-refractivity contribution in [3.63, 3.8) is 0 Å². The monoisotopic (exact) mass is 358 g/mol. The minimum Gasteiger partial charge on any atom is -0.506 e. The number of rotatable bonds is 7. The Bertz CT molecular complexity index is 774. The van der Waals surface area contributed by atoms with Crippen molar-refractivity contribution in [2.24, 2.45) is 0 Å². The van der Waals surface area contributed by atoms with Crippen LogP contribution < -0.4 is 11.1 Å². The van der Waals surface area contributed by atoms with Gasteiger partial charge in [0.05, 0.1) is 24.5 Å². The highest BCUT2D eigenvalue weighted by atomic mass is 16.5. The first kappa shape index (κ1) is 19.8. The van der Waals surface area contributed by atoms with Gasteiger partial charge >= 0.3 is 5.97 Å². The van der Waals surface area contributed by atoms with E-state index in [1.807, 2.05) is 32.0 Å². The zero-order valence-electron chi connectivity index (χ0n) is 15.3. The summed E-state index contributed by atoms with van der Waals surface area (Å²) in [5.74, 6) is -0.363. The van der Waals surface area contributed by atoms with Crippen molar-refractivity contribution in [3.05, 3.63) is 59.2 Å². The minimum atomic E-state index is -0.751. The summed E-state index contributed by atoms with van der Waals surface area (Å²) in [6.45, 7) is 4.37. The van der Waals surface area contributed by atoms with Gasteiger partial charge in [0.1, 0.15) is 5.75 Å². The van der Waals surface area contributed by atoms with Gasteiger partial charge in [-0.3, -0.25) is 0 Å². The van der Waals surface area contributed by atoms with E-state index in [0.29, 0.717) is 24.1 Å². The van der Waals surface area contributed by atoms with Gasteiger partial charge in [-0.1, -0.05) is 18.2 Å². The van der Waals surface area contributed by atoms with E-state index in [0.717, 1.165) is 5.56 Å². The number of nitrogens with two attached hydrogens (primary N) is 1. The molecule has 0 saturated heterocycles. The quantitative estimate of drug-likeness (QED) is 0.344. The van der Waals surface area contributed by atoms with E-state index in [4.69, 9.17) is 10.5 Å². The van der Waals surface area contributed by atoms with Crippen molar-refractivity contribution in [2.75, 3.05) is 19.4 Å². The van der Waals surface area contributed by atoms with Crippen LogP contribution in [0.1, 0.15) is 41.4 Å². The number of phenolic OH excluding ortho intramolecular Hbond substituents is 1. The Hall–Kier alpha value is -2.57. The molecule has 0 spiro atoms. The van der Waals surface area contributed by atoms with Gasteiger partial charge in [0, 0.05) is 12.1 Å². The molecule has 0 saturated carbocycles. The number of hydrogen-bond acceptors (Lipinski definition) is 6. The third-order valence-electron chi connectivity index (χ3n) is 4.20. The van der Waals surface area contributed by atoms with Crippen molar-refractivity contribution in [1.29, 1.82) is 0 Å². The molecule has 0 aliphatic carbocycles. The number of nitrogens with one attached hydrogen (secondary N) is 1. The van der Waals surface area contributed by atoms with Gasteiger partial charge in [-0.05, 0) is 55.7 Å². The summed E-state index contributed by atoms with van der Waals surface area (Å²) < 4.78 is 4.75. The van der Waals surface area contributed by atoms with E-state index in [1.54, 1.807) is 18.2 Å². The lowest BCUT2D eigenvalue weighted by molar-refractivity contribution is 0.0600. The normalized spacial score (nSPS) is 12.6. The second kappa shape index (κ2) is 8.21. The van der Waals surface area contributed by atoms with Gasteiger partial charge in [0.2, 0.25) is 0 Å². The lowest BCUT2D eigenvalue weighted by Gasteiger charge is -2.28. The highest BCUT2D eigenvalue weighted by Crippen LogP contribution is 2.24. The molecule has 2 aromatic rings. The Morgan fingerprint density at radius 1 is 1.27 bits per heavy atom. The van der Waals surface area contributed by atoms with Crippen molar-refractivity contribution in [2.45, 2.75) is 31.9 Å². The van der Waals surface area contributed by atoms with E-state index in [9.17, 15) is 15.0 Å². The summed E-state index contributed by atoms with van der Waals surface area (Å²) in [6.07, 6.45) is -0.0824. The highest BCUT2D eigenvalue weighted by molar-refractivity contribution is 5.89. The average Bonchev–Trinajstić information content (AvgIpc) is 2.61. The van der Waals surface area contributed by atoms with E-state index in [2.05, 4.69) is 5.32 Å². The number of phenols is 1. The third-order valence-corrected chi connectivity index (χ3v) is 4.20. The van der Waals surface area contributed by atoms with Crippen LogP contribution in [0.15, 0.2) is 42.5 Å². The fraction of sp³-hybridized carbons (Fsp3) is 0.350. The molecule has 0 amide bonds. The molecule has 0 unspecified atom stereocenters. The maximum Gasteiger partial charge on any atom is 0.337 e. The van der Waals surface area contributed by atoms with Crippen LogP contribution in [0.2, 0.25) is 0 Å². The largest absolute Gasteiger partial charge is 0.506 e. The Morgan fingerprint density at radius 2 is 2.00 bits per heavy atom. The van der Waals surface area contributed by atoms with Crippen LogP contribution in [0.3, 0.4) is 0 Å². The average molecular weight is 358 g/mol. The van der Waals surface area contributed by atoms with Crippen LogP contribution in [0.5, 0.6) is 5.75 Å². The molecule has 0 fully saturated rings. The number of anilines is 1. The predicted molar refractivity (Wildman–Crippen MR) is 101 cm³/mol. The molecule has 0 aliphatic heterocycles. The molecule has 0 bridgehead atoms. The molecule has 2 rings (SSSR count). The molecule has 0 aliphatic rings. The number of carbonyl (C=O) groups excluding carboxylic acids is 1. The van der Waals surface area contributed by atoms with Gasteiger partial charge in [-0.15, -0.1) is 0 Å². The number of aliphatic hydroxyl groups is 1. The van der Waals surface area contributed by atoms with Crippen LogP contribution in [0.4, 0.5) is 5.69 Å². The van der Waals surface area contributed by atoms with Crippen molar-refractivity contribution < 1.29 is 19.7 Å². The summed E-state index contributed by atoms with van der Waals surface area (Å²) in [5.41, 5.74) is 7.75. The molecular weight excluding hydrogens is 332 g/mol. The molecule has 140 valence electrons. The molecule has 0 heterocycles. The SMILES string of the molecule is COC(=O)c1cccc(CC(C)(C)NC[C@H](O)c2ccc(O)c(N)c2)c1. The first-order valence-electron chi connectivity index (χ1n) is 8.40. The van der Waals surface area contributed by atoms with Crippen molar-refractivity contribution in [1.82, 2.24) is 5.32 Å². The number of nitrogen functional groups attached to an aromatic ring is 1. The zero-order chi connectivity index (χ0) is 19.3. The lowest BCUT2D eigenvalue weighted by atomic mass is 9.93. The predicted octanol–water partition coefficient (Wildman–Crippen LogP) is 2.41. The number of benzene rings is 2. The van der Waals surface area contributed by atoms with E-state index < -0.39 is 6.10 Å². The van der Waals surface area contributed by atoms with Gasteiger partial charge in [-0.2, -0.15) is 0 Å². The second-order valence-corrected chi connectivity index (χ2v) is 6.97. The van der Waals surface area contributed by atoms with Gasteiger partial charge in [-0.25, -0.2) is 4.79 Å². The van der Waals surface area contributed by atoms with E-state index in [-0.39, 0.29) is 22.9 Å². The van der Waals surface area contributed by atoms with E-state index in [1.165, 1.54) is 13.2 Å². The molecule has 0 radical (unpaired) electrons. The standard InChI is InChI=1S/C20H26N2O4/c1-20(2,11-13-5-4-6-15(9-13)19(25)26-3)22-12-18(24)14-7-8-17(23)16(21)10-14/h4-10,18,22-24H,11-12,21H2,1-3H3/t18-/m0/s1. The molecule has 6 nitrogen and oxygen atoms in total. The summed E-state index contributed by atoms with van der Waals surface area (Å²) in [5, 5.41) is 23.2. The highest BCUT2D eigenvalue weighted by Gasteiger charge is 2.21. The summed E-state index contributed by atoms with van der Waals surface area (Å²) in [6, 6.07) is 12.0. The molecule has 5 N–H and O–H groups in total. The lowest BCUT2D eigenvalue weighted by Crippen LogP contribution is -2.43. The number of esters is 1. The molecule has 26 heavy (non-hydrogen) atoms. The zero-order valence-corrected chi connectivity index (χ0v) is 15.3. The van der Waals surface area contributed by atoms with Crippen molar-refractivity contribution >= 4 is 11.7 Å². The van der Waals surface area contributed by atoms with Gasteiger partial charge in [0.25, 0.3) is 0 Å². The van der Waals surface area contributed by atoms with Gasteiger partial charge in [0.15, 0.2) is 0 Å². The number of aromatic hydroxyl groups is 1. The summed E-state index contributed by atoms with van der Waals surface area (Å²) >= 11 is 0. The summed E-state index contributed by atoms with van der Waals surface area (Å²) in [7, 11) is 1.36. The summed E-state index contributed by atoms with van der Waals surface area (Å²) in [4.78, 5) is 11.7. The van der Waals surface area contributed by atoms with Crippen molar-refractivity contribution in [3.8, 4) is 5.75 Å². The number of carbonyl (C=O) groups is 1. The number of β-amino-alcohol motifs (C(OH)–C–C–N with tert-alkyl or cyclic N) is 1. The minimum absolute atomic E-state index is 0.000253. The van der Waals surface area contributed by atoms with Crippen LogP contribution in [0.25, 0.3) is 0 Å². The Balaban J connectivity index is 1.99.